The number of fused-ring (bicyclic) bond motifs is 1. The van der Waals surface area contributed by atoms with Gasteiger partial charge in [0.2, 0.25) is 0 Å². The van der Waals surface area contributed by atoms with Gasteiger partial charge in [0, 0.05) is 16.8 Å². The molecule has 2 rings (SSSR count). The van der Waals surface area contributed by atoms with Gasteiger partial charge in [0.1, 0.15) is 12.1 Å². The number of hydrogen-bond acceptors (Lipinski definition) is 4. The summed E-state index contributed by atoms with van der Waals surface area (Å²) in [5, 5.41) is 0. The number of carbonyl (C=O) groups is 1. The predicted octanol–water partition coefficient (Wildman–Crippen LogP) is 3.45. The zero-order chi connectivity index (χ0) is 13.9. The predicted molar refractivity (Wildman–Crippen MR) is 79.5 cm³/mol. The Morgan fingerprint density at radius 1 is 1.37 bits per heavy atom. The molecule has 19 heavy (non-hydrogen) atoms. The Morgan fingerprint density at radius 3 is 2.84 bits per heavy atom. The second-order valence-electron chi connectivity index (χ2n) is 5.38. The molecule has 1 aromatic carbocycles. The Bertz CT molecular complexity index is 491. The van der Waals surface area contributed by atoms with Crippen LogP contribution in [-0.2, 0) is 9.53 Å². The molecule has 1 aromatic rings. The van der Waals surface area contributed by atoms with Crippen LogP contribution in [0.15, 0.2) is 41.4 Å². The number of esters is 1. The van der Waals surface area contributed by atoms with E-state index in [0.29, 0.717) is 0 Å². The summed E-state index contributed by atoms with van der Waals surface area (Å²) >= 11 is 1.77. The first-order chi connectivity index (χ1) is 8.96. The molecular weight excluding hydrogens is 258 g/mol. The molecule has 0 fully saturated rings. The molecular formula is C15H19NO2S. The van der Waals surface area contributed by atoms with Crippen molar-refractivity contribution in [1.29, 1.82) is 0 Å². The Kier molecular flexibility index (Phi) is 4.20. The Morgan fingerprint density at radius 2 is 2.11 bits per heavy atom. The van der Waals surface area contributed by atoms with E-state index in [1.165, 1.54) is 4.90 Å². The van der Waals surface area contributed by atoms with E-state index in [1.54, 1.807) is 11.8 Å². The zero-order valence-electron chi connectivity index (χ0n) is 11.6. The van der Waals surface area contributed by atoms with Gasteiger partial charge in [0.05, 0.1) is 5.69 Å². The average molecular weight is 277 g/mol. The first-order valence-corrected chi connectivity index (χ1v) is 7.31. The highest BCUT2D eigenvalue weighted by Crippen LogP contribution is 2.32. The number of hydrogen-bond donors (Lipinski definition) is 0. The van der Waals surface area contributed by atoms with Crippen molar-refractivity contribution in [2.45, 2.75) is 31.3 Å². The second kappa shape index (κ2) is 5.70. The third-order valence-corrected chi connectivity index (χ3v) is 3.53. The van der Waals surface area contributed by atoms with Gasteiger partial charge in [-0.05, 0) is 32.9 Å². The van der Waals surface area contributed by atoms with E-state index in [9.17, 15) is 4.79 Å². The lowest BCUT2D eigenvalue weighted by atomic mass is 10.2. The fourth-order valence-electron chi connectivity index (χ4n) is 1.86. The fourth-order valence-corrected chi connectivity index (χ4v) is 2.73. The fraction of sp³-hybridized carbons (Fsp3) is 0.400. The van der Waals surface area contributed by atoms with E-state index in [0.717, 1.165) is 11.4 Å². The molecule has 0 N–H and O–H groups in total. The average Bonchev–Trinajstić information content (AvgIpc) is 2.50. The molecule has 0 amide bonds. The molecule has 0 radical (unpaired) electrons. The molecule has 0 aliphatic carbocycles. The summed E-state index contributed by atoms with van der Waals surface area (Å²) in [4.78, 5) is 15.1. The number of rotatable bonds is 2. The van der Waals surface area contributed by atoms with E-state index in [4.69, 9.17) is 4.74 Å². The first kappa shape index (κ1) is 14.0. The molecule has 0 spiro atoms. The maximum atomic E-state index is 11.9. The van der Waals surface area contributed by atoms with Crippen LogP contribution in [0.4, 0.5) is 5.69 Å². The van der Waals surface area contributed by atoms with Gasteiger partial charge in [0.25, 0.3) is 0 Å². The quantitative estimate of drug-likeness (QED) is 0.774. The minimum atomic E-state index is -0.444. The summed E-state index contributed by atoms with van der Waals surface area (Å²) < 4.78 is 5.38. The number of carbonyl (C=O) groups excluding carboxylic acids is 1. The lowest BCUT2D eigenvalue weighted by Gasteiger charge is -2.24. The highest BCUT2D eigenvalue weighted by Gasteiger charge is 2.20. The number of anilines is 1. The monoisotopic (exact) mass is 277 g/mol. The topological polar surface area (TPSA) is 29.5 Å². The van der Waals surface area contributed by atoms with E-state index < -0.39 is 5.60 Å². The van der Waals surface area contributed by atoms with Crippen molar-refractivity contribution in [3.05, 3.63) is 36.5 Å². The SMILES string of the molecule is CC(C)(C)OC(=O)CN1C=CCSc2ccccc21. The lowest BCUT2D eigenvalue weighted by Crippen LogP contribution is -2.32. The van der Waals surface area contributed by atoms with Crippen LogP contribution in [-0.4, -0.2) is 23.9 Å². The van der Waals surface area contributed by atoms with Gasteiger partial charge in [-0.1, -0.05) is 18.2 Å². The van der Waals surface area contributed by atoms with Gasteiger partial charge in [0.15, 0.2) is 0 Å². The Balaban J connectivity index is 2.14. The summed E-state index contributed by atoms with van der Waals surface area (Å²) in [6, 6.07) is 8.11. The van der Waals surface area contributed by atoms with E-state index in [2.05, 4.69) is 12.1 Å². The molecule has 0 bridgehead atoms. The van der Waals surface area contributed by atoms with E-state index >= 15 is 0 Å². The number of thioether (sulfide) groups is 1. The number of benzene rings is 1. The number of para-hydroxylation sites is 1. The Labute approximate surface area is 118 Å². The summed E-state index contributed by atoms with van der Waals surface area (Å²) in [6.45, 7) is 5.89. The molecule has 0 atom stereocenters. The molecule has 1 aliphatic heterocycles. The normalized spacial score (nSPS) is 14.8. The smallest absolute Gasteiger partial charge is 0.326 e. The van der Waals surface area contributed by atoms with Crippen LogP contribution in [0.2, 0.25) is 0 Å². The molecule has 0 unspecified atom stereocenters. The van der Waals surface area contributed by atoms with Gasteiger partial charge < -0.3 is 9.64 Å². The van der Waals surface area contributed by atoms with Crippen molar-refractivity contribution < 1.29 is 9.53 Å². The van der Waals surface area contributed by atoms with Crippen molar-refractivity contribution in [2.24, 2.45) is 0 Å². The molecule has 0 aromatic heterocycles. The summed E-state index contributed by atoms with van der Waals surface area (Å²) in [5.74, 6) is 0.709. The minimum absolute atomic E-state index is 0.209. The van der Waals surface area contributed by atoms with Crippen molar-refractivity contribution in [1.82, 2.24) is 0 Å². The van der Waals surface area contributed by atoms with Crippen LogP contribution in [0.5, 0.6) is 0 Å². The summed E-state index contributed by atoms with van der Waals surface area (Å²) in [7, 11) is 0. The number of nitrogens with zero attached hydrogens (tertiary/aromatic N) is 1. The van der Waals surface area contributed by atoms with E-state index in [1.807, 2.05) is 50.1 Å². The van der Waals surface area contributed by atoms with Gasteiger partial charge in [-0.3, -0.25) is 4.79 Å². The molecule has 4 heteroatoms. The molecule has 3 nitrogen and oxygen atoms in total. The molecule has 0 saturated carbocycles. The zero-order valence-corrected chi connectivity index (χ0v) is 12.4. The summed E-state index contributed by atoms with van der Waals surface area (Å²) in [5.41, 5.74) is 0.619. The number of ether oxygens (including phenoxy) is 1. The molecule has 0 saturated heterocycles. The Hall–Kier alpha value is -1.42. The highest BCUT2D eigenvalue weighted by atomic mass is 32.2. The van der Waals surface area contributed by atoms with Crippen molar-refractivity contribution in [3.8, 4) is 0 Å². The van der Waals surface area contributed by atoms with Crippen molar-refractivity contribution >= 4 is 23.4 Å². The lowest BCUT2D eigenvalue weighted by molar-refractivity contribution is -0.152. The third-order valence-electron chi connectivity index (χ3n) is 2.51. The minimum Gasteiger partial charge on any atom is -0.459 e. The maximum Gasteiger partial charge on any atom is 0.326 e. The first-order valence-electron chi connectivity index (χ1n) is 6.33. The second-order valence-corrected chi connectivity index (χ2v) is 6.44. The van der Waals surface area contributed by atoms with Crippen LogP contribution in [0.1, 0.15) is 20.8 Å². The van der Waals surface area contributed by atoms with Crippen LogP contribution < -0.4 is 4.90 Å². The van der Waals surface area contributed by atoms with Crippen LogP contribution in [0.25, 0.3) is 0 Å². The van der Waals surface area contributed by atoms with Crippen molar-refractivity contribution in [3.63, 3.8) is 0 Å². The van der Waals surface area contributed by atoms with Gasteiger partial charge in [-0.2, -0.15) is 0 Å². The van der Waals surface area contributed by atoms with Gasteiger partial charge in [-0.15, -0.1) is 11.8 Å². The van der Waals surface area contributed by atoms with Crippen LogP contribution in [0, 0.1) is 0 Å². The standard InChI is InChI=1S/C15H19NO2S/c1-15(2,3)18-14(17)11-16-9-6-10-19-13-8-5-4-7-12(13)16/h4-9H,10-11H2,1-3H3. The third kappa shape index (κ3) is 4.03. The van der Waals surface area contributed by atoms with Crippen LogP contribution in [0.3, 0.4) is 0 Å². The van der Waals surface area contributed by atoms with Crippen LogP contribution >= 0.6 is 11.8 Å². The van der Waals surface area contributed by atoms with Gasteiger partial charge >= 0.3 is 5.97 Å². The largest absolute Gasteiger partial charge is 0.459 e. The van der Waals surface area contributed by atoms with Crippen molar-refractivity contribution in [2.75, 3.05) is 17.2 Å². The molecule has 1 aliphatic rings. The molecule has 102 valence electrons. The highest BCUT2D eigenvalue weighted by molar-refractivity contribution is 7.99. The summed E-state index contributed by atoms with van der Waals surface area (Å²) in [6.07, 6.45) is 4.03. The molecule has 1 heterocycles. The van der Waals surface area contributed by atoms with E-state index in [-0.39, 0.29) is 12.5 Å². The maximum absolute atomic E-state index is 11.9. The van der Waals surface area contributed by atoms with Gasteiger partial charge in [-0.25, -0.2) is 0 Å².